The van der Waals surface area contributed by atoms with Crippen LogP contribution in [0.2, 0.25) is 5.02 Å². The second kappa shape index (κ2) is 6.20. The average molecular weight is 409 g/mol. The first-order valence-electron chi connectivity index (χ1n) is 10.3. The standard InChI is InChI=1S/C25H25ClO3/c1-4-14-5-6-16(15-7-9-17(26)10-8-15)13-18(14)19-22(27)20-21(23(19)28)25(3)12-11-24(20,2)29-25/h5-10,13,20-21,27H,4,11-12H2,1-3H3/t20-,21+,24?,25+/m1/s1. The van der Waals surface area contributed by atoms with Crippen LogP contribution >= 0.6 is 11.6 Å². The number of halogens is 1. The zero-order valence-electron chi connectivity index (χ0n) is 17.0. The van der Waals surface area contributed by atoms with Gasteiger partial charge in [0.25, 0.3) is 0 Å². The number of ether oxygens (including phenoxy) is 1. The van der Waals surface area contributed by atoms with Crippen molar-refractivity contribution in [2.24, 2.45) is 11.8 Å². The fourth-order valence-electron chi connectivity index (χ4n) is 5.80. The number of aryl methyl sites for hydroxylation is 1. The molecule has 0 saturated carbocycles. The second-order valence-electron chi connectivity index (χ2n) is 9.04. The molecule has 2 aromatic rings. The lowest BCUT2D eigenvalue weighted by Crippen LogP contribution is -2.39. The van der Waals surface area contributed by atoms with Crippen LogP contribution in [0.15, 0.2) is 48.2 Å². The van der Waals surface area contributed by atoms with Crippen LogP contribution in [-0.2, 0) is 16.0 Å². The van der Waals surface area contributed by atoms with Gasteiger partial charge in [0.05, 0.1) is 28.6 Å². The van der Waals surface area contributed by atoms with Crippen LogP contribution in [0.4, 0.5) is 0 Å². The van der Waals surface area contributed by atoms with Crippen LogP contribution in [0.5, 0.6) is 0 Å². The zero-order chi connectivity index (χ0) is 20.6. The summed E-state index contributed by atoms with van der Waals surface area (Å²) in [4.78, 5) is 13.6. The molecule has 0 aromatic heterocycles. The van der Waals surface area contributed by atoms with Crippen molar-refractivity contribution in [1.82, 2.24) is 0 Å². The number of allylic oxidation sites excluding steroid dienone is 1. The van der Waals surface area contributed by atoms with Gasteiger partial charge in [0.1, 0.15) is 5.76 Å². The monoisotopic (exact) mass is 408 g/mol. The molecule has 1 unspecified atom stereocenters. The lowest BCUT2D eigenvalue weighted by atomic mass is 9.68. The Morgan fingerprint density at radius 3 is 2.28 bits per heavy atom. The summed E-state index contributed by atoms with van der Waals surface area (Å²) in [6.45, 7) is 6.15. The third-order valence-corrected chi connectivity index (χ3v) is 7.50. The molecule has 150 valence electrons. The predicted molar refractivity (Wildman–Crippen MR) is 115 cm³/mol. The number of ketones is 1. The number of carbonyl (C=O) groups is 1. The number of aliphatic hydroxyl groups excluding tert-OH is 1. The van der Waals surface area contributed by atoms with E-state index < -0.39 is 11.2 Å². The normalized spacial score (nSPS) is 32.9. The van der Waals surface area contributed by atoms with Crippen molar-refractivity contribution >= 4 is 23.0 Å². The van der Waals surface area contributed by atoms with Crippen LogP contribution < -0.4 is 0 Å². The Bertz CT molecular complexity index is 1050. The quantitative estimate of drug-likeness (QED) is 0.677. The first-order chi connectivity index (χ1) is 13.8. The Morgan fingerprint density at radius 2 is 1.66 bits per heavy atom. The van der Waals surface area contributed by atoms with Crippen molar-refractivity contribution in [3.63, 3.8) is 0 Å². The molecule has 2 bridgehead atoms. The van der Waals surface area contributed by atoms with Gasteiger partial charge >= 0.3 is 0 Å². The summed E-state index contributed by atoms with van der Waals surface area (Å²) in [5.74, 6) is -0.289. The highest BCUT2D eigenvalue weighted by molar-refractivity contribution is 6.30. The molecule has 4 heteroatoms. The number of fused-ring (bicyclic) bond motifs is 5. The lowest BCUT2D eigenvalue weighted by molar-refractivity contribution is -0.121. The molecule has 5 rings (SSSR count). The number of Topliss-reactive ketones (excluding diaryl/α,β-unsaturated/α-hetero) is 1. The highest BCUT2D eigenvalue weighted by atomic mass is 35.5. The molecule has 1 N–H and O–H groups in total. The molecule has 2 heterocycles. The summed E-state index contributed by atoms with van der Waals surface area (Å²) < 4.78 is 6.27. The molecule has 2 aliphatic heterocycles. The zero-order valence-corrected chi connectivity index (χ0v) is 17.7. The van der Waals surface area contributed by atoms with Gasteiger partial charge in [0.15, 0.2) is 5.78 Å². The van der Waals surface area contributed by atoms with Crippen molar-refractivity contribution in [2.75, 3.05) is 0 Å². The highest BCUT2D eigenvalue weighted by Crippen LogP contribution is 2.63. The van der Waals surface area contributed by atoms with E-state index in [2.05, 4.69) is 19.1 Å². The molecule has 4 atom stereocenters. The van der Waals surface area contributed by atoms with Gasteiger partial charge in [-0.25, -0.2) is 0 Å². The molecule has 0 radical (unpaired) electrons. The van der Waals surface area contributed by atoms with Crippen LogP contribution in [0.25, 0.3) is 16.7 Å². The number of hydrogen-bond donors (Lipinski definition) is 1. The topological polar surface area (TPSA) is 46.5 Å². The van der Waals surface area contributed by atoms with Gasteiger partial charge in [-0.15, -0.1) is 0 Å². The first-order valence-corrected chi connectivity index (χ1v) is 10.7. The Morgan fingerprint density at radius 1 is 1.03 bits per heavy atom. The highest BCUT2D eigenvalue weighted by Gasteiger charge is 2.69. The Kier molecular flexibility index (Phi) is 4.04. The molecule has 3 nitrogen and oxygen atoms in total. The SMILES string of the molecule is CCc1ccc(-c2ccc(Cl)cc2)cc1C1=C(O)[C@H]2[C@@H](C1=O)[C@]1(C)CCC2(C)O1. The van der Waals surface area contributed by atoms with E-state index in [1.807, 2.05) is 44.2 Å². The van der Waals surface area contributed by atoms with Gasteiger partial charge in [-0.3, -0.25) is 4.79 Å². The summed E-state index contributed by atoms with van der Waals surface area (Å²) >= 11 is 6.04. The molecule has 29 heavy (non-hydrogen) atoms. The van der Waals surface area contributed by atoms with Gasteiger partial charge in [-0.1, -0.05) is 42.8 Å². The van der Waals surface area contributed by atoms with E-state index in [0.717, 1.165) is 41.5 Å². The van der Waals surface area contributed by atoms with E-state index in [9.17, 15) is 9.90 Å². The molecule has 0 spiro atoms. The summed E-state index contributed by atoms with van der Waals surface area (Å²) in [5, 5.41) is 12.0. The van der Waals surface area contributed by atoms with Crippen molar-refractivity contribution in [3.8, 4) is 11.1 Å². The van der Waals surface area contributed by atoms with Gasteiger partial charge in [0, 0.05) is 5.02 Å². The van der Waals surface area contributed by atoms with Crippen LogP contribution in [0.3, 0.4) is 0 Å². The van der Waals surface area contributed by atoms with Gasteiger partial charge in [0.2, 0.25) is 0 Å². The Balaban J connectivity index is 1.65. The number of aliphatic hydroxyl groups is 1. The second-order valence-corrected chi connectivity index (χ2v) is 9.48. The maximum atomic E-state index is 13.6. The predicted octanol–water partition coefficient (Wildman–Crippen LogP) is 6.00. The smallest absolute Gasteiger partial charge is 0.173 e. The Hall–Kier alpha value is -2.10. The van der Waals surface area contributed by atoms with Crippen LogP contribution in [0.1, 0.15) is 44.7 Å². The van der Waals surface area contributed by atoms with Crippen molar-refractivity contribution in [2.45, 2.75) is 51.2 Å². The molecule has 2 aromatic carbocycles. The largest absolute Gasteiger partial charge is 0.511 e. The van der Waals surface area contributed by atoms with E-state index in [0.29, 0.717) is 10.6 Å². The molecule has 2 saturated heterocycles. The van der Waals surface area contributed by atoms with Crippen LogP contribution in [-0.4, -0.2) is 22.1 Å². The van der Waals surface area contributed by atoms with Gasteiger partial charge < -0.3 is 9.84 Å². The van der Waals surface area contributed by atoms with E-state index >= 15 is 0 Å². The summed E-state index contributed by atoms with van der Waals surface area (Å²) in [6, 6.07) is 13.9. The fraction of sp³-hybridized carbons (Fsp3) is 0.400. The number of rotatable bonds is 3. The molecule has 0 amide bonds. The van der Waals surface area contributed by atoms with E-state index in [1.165, 1.54) is 0 Å². The molecular formula is C25H25ClO3. The number of hydrogen-bond acceptors (Lipinski definition) is 3. The minimum atomic E-state index is -0.480. The summed E-state index contributed by atoms with van der Waals surface area (Å²) in [7, 11) is 0. The fourth-order valence-corrected chi connectivity index (χ4v) is 5.92. The summed E-state index contributed by atoms with van der Waals surface area (Å²) in [6.07, 6.45) is 2.53. The third kappa shape index (κ3) is 2.57. The van der Waals surface area contributed by atoms with Crippen molar-refractivity contribution < 1.29 is 14.6 Å². The van der Waals surface area contributed by atoms with E-state index in [-0.39, 0.29) is 23.4 Å². The molecular weight excluding hydrogens is 384 g/mol. The van der Waals surface area contributed by atoms with E-state index in [1.54, 1.807) is 0 Å². The third-order valence-electron chi connectivity index (χ3n) is 7.25. The summed E-state index contributed by atoms with van der Waals surface area (Å²) in [5.41, 5.74) is 3.52. The molecule has 2 fully saturated rings. The maximum Gasteiger partial charge on any atom is 0.173 e. The van der Waals surface area contributed by atoms with Gasteiger partial charge in [-0.05, 0) is 73.6 Å². The number of benzene rings is 2. The maximum absolute atomic E-state index is 13.6. The minimum Gasteiger partial charge on any atom is -0.511 e. The van der Waals surface area contributed by atoms with Crippen molar-refractivity contribution in [1.29, 1.82) is 0 Å². The average Bonchev–Trinajstić information content (AvgIpc) is 3.25. The van der Waals surface area contributed by atoms with Gasteiger partial charge in [-0.2, -0.15) is 0 Å². The molecule has 1 aliphatic carbocycles. The van der Waals surface area contributed by atoms with Crippen LogP contribution in [0, 0.1) is 11.8 Å². The molecule has 3 aliphatic rings. The number of carbonyl (C=O) groups excluding carboxylic acids is 1. The first kappa shape index (κ1) is 18.9. The van der Waals surface area contributed by atoms with E-state index in [4.69, 9.17) is 16.3 Å². The van der Waals surface area contributed by atoms with Crippen molar-refractivity contribution in [3.05, 3.63) is 64.4 Å². The minimum absolute atomic E-state index is 0.0291. The Labute approximate surface area is 176 Å². The lowest BCUT2D eigenvalue weighted by Gasteiger charge is -2.30.